The van der Waals surface area contributed by atoms with E-state index < -0.39 is 0 Å². The largest absolute Gasteiger partial charge is 0.456 e. The fourth-order valence-corrected chi connectivity index (χ4v) is 2.57. The summed E-state index contributed by atoms with van der Waals surface area (Å²) >= 11 is 0. The third-order valence-corrected chi connectivity index (χ3v) is 3.57. The van der Waals surface area contributed by atoms with Crippen molar-refractivity contribution in [3.63, 3.8) is 0 Å². The van der Waals surface area contributed by atoms with Crippen LogP contribution in [0.4, 0.5) is 0 Å². The molecule has 0 aliphatic carbocycles. The van der Waals surface area contributed by atoms with Crippen molar-refractivity contribution in [2.24, 2.45) is 0 Å². The number of carbonyl (C=O) groups excluding carboxylic acids is 1. The van der Waals surface area contributed by atoms with E-state index in [2.05, 4.69) is 32.6 Å². The van der Waals surface area contributed by atoms with Crippen molar-refractivity contribution in [2.45, 2.75) is 39.2 Å². The molecular weight excluding hydrogens is 238 g/mol. The fourth-order valence-electron chi connectivity index (χ4n) is 2.57. The highest BCUT2D eigenvalue weighted by molar-refractivity contribution is 5.90. The minimum atomic E-state index is -0.207. The predicted molar refractivity (Wildman–Crippen MR) is 76.6 cm³/mol. The van der Waals surface area contributed by atoms with Gasteiger partial charge in [-0.2, -0.15) is 0 Å². The molecule has 3 nitrogen and oxygen atoms in total. The molecule has 0 saturated carbocycles. The van der Waals surface area contributed by atoms with Crippen LogP contribution in [0.5, 0.6) is 0 Å². The molecule has 1 aromatic rings. The number of rotatable bonds is 2. The smallest absolute Gasteiger partial charge is 0.338 e. The average Bonchev–Trinajstić information content (AvgIpc) is 2.24. The molecular formula is C16H23NO2. The molecule has 0 aromatic heterocycles. The van der Waals surface area contributed by atoms with Crippen molar-refractivity contribution in [3.8, 4) is 0 Å². The second-order valence-electron chi connectivity index (χ2n) is 6.53. The van der Waals surface area contributed by atoms with E-state index in [0.717, 1.165) is 18.7 Å². The third-order valence-electron chi connectivity index (χ3n) is 3.57. The van der Waals surface area contributed by atoms with Gasteiger partial charge in [-0.3, -0.25) is 4.90 Å². The Kier molecular flexibility index (Phi) is 3.68. The van der Waals surface area contributed by atoms with E-state index in [1.54, 1.807) is 0 Å². The minimum Gasteiger partial charge on any atom is -0.456 e. The van der Waals surface area contributed by atoms with Gasteiger partial charge in [0.2, 0.25) is 0 Å². The summed E-state index contributed by atoms with van der Waals surface area (Å²) in [6, 6.07) is 5.85. The van der Waals surface area contributed by atoms with Gasteiger partial charge in [0.05, 0.1) is 5.56 Å². The van der Waals surface area contributed by atoms with E-state index in [1.807, 2.05) is 25.2 Å². The molecule has 1 aromatic carbocycles. The van der Waals surface area contributed by atoms with Crippen molar-refractivity contribution in [1.29, 1.82) is 0 Å². The number of esters is 1. The molecule has 0 N–H and O–H groups in total. The number of hydrogen-bond acceptors (Lipinski definition) is 3. The van der Waals surface area contributed by atoms with E-state index in [1.165, 1.54) is 5.56 Å². The Labute approximate surface area is 115 Å². The van der Waals surface area contributed by atoms with Gasteiger partial charge in [0.1, 0.15) is 6.10 Å². The number of ether oxygens (including phenoxy) is 1. The number of nitrogens with zero attached hydrogens (tertiary/aromatic N) is 1. The molecule has 104 valence electrons. The van der Waals surface area contributed by atoms with Crippen molar-refractivity contribution in [3.05, 3.63) is 34.9 Å². The zero-order valence-electron chi connectivity index (χ0n) is 12.5. The summed E-state index contributed by atoms with van der Waals surface area (Å²) in [5, 5.41) is 0. The molecule has 19 heavy (non-hydrogen) atoms. The molecule has 0 bridgehead atoms. The van der Waals surface area contributed by atoms with Crippen molar-refractivity contribution in [2.75, 3.05) is 20.1 Å². The maximum Gasteiger partial charge on any atom is 0.338 e. The van der Waals surface area contributed by atoms with Gasteiger partial charge in [0, 0.05) is 13.1 Å². The van der Waals surface area contributed by atoms with E-state index in [-0.39, 0.29) is 17.5 Å². The second kappa shape index (κ2) is 4.97. The molecule has 1 saturated heterocycles. The Morgan fingerprint density at radius 3 is 2.42 bits per heavy atom. The summed E-state index contributed by atoms with van der Waals surface area (Å²) in [4.78, 5) is 14.2. The molecule has 0 amide bonds. The Hall–Kier alpha value is -1.35. The summed E-state index contributed by atoms with van der Waals surface area (Å²) in [5.74, 6) is -0.207. The van der Waals surface area contributed by atoms with Gasteiger partial charge in [0.15, 0.2) is 0 Å². The molecule has 1 aliphatic heterocycles. The molecule has 2 rings (SSSR count). The van der Waals surface area contributed by atoms with E-state index in [4.69, 9.17) is 4.74 Å². The highest BCUT2D eigenvalue weighted by atomic mass is 16.5. The van der Waals surface area contributed by atoms with Gasteiger partial charge in [-0.1, -0.05) is 26.8 Å². The van der Waals surface area contributed by atoms with Gasteiger partial charge in [0.25, 0.3) is 0 Å². The van der Waals surface area contributed by atoms with Crippen molar-refractivity contribution in [1.82, 2.24) is 4.90 Å². The normalized spacial score (nSPS) is 17.1. The zero-order valence-corrected chi connectivity index (χ0v) is 12.5. The van der Waals surface area contributed by atoms with Gasteiger partial charge >= 0.3 is 5.97 Å². The lowest BCUT2D eigenvalue weighted by molar-refractivity contribution is -0.0212. The molecule has 0 unspecified atom stereocenters. The number of hydrogen-bond donors (Lipinski definition) is 0. The van der Waals surface area contributed by atoms with E-state index in [0.29, 0.717) is 5.56 Å². The van der Waals surface area contributed by atoms with Crippen LogP contribution in [0.3, 0.4) is 0 Å². The Morgan fingerprint density at radius 1 is 1.32 bits per heavy atom. The van der Waals surface area contributed by atoms with Crippen LogP contribution in [-0.2, 0) is 10.2 Å². The highest BCUT2D eigenvalue weighted by Gasteiger charge is 2.27. The van der Waals surface area contributed by atoms with Gasteiger partial charge < -0.3 is 4.74 Å². The summed E-state index contributed by atoms with van der Waals surface area (Å²) in [6.07, 6.45) is 0.0556. The van der Waals surface area contributed by atoms with E-state index >= 15 is 0 Å². The molecule has 0 radical (unpaired) electrons. The standard InChI is InChI=1S/C16H23NO2/c1-11-8-12(6-7-14(11)16(2,3)4)15(18)19-13-9-17(5)10-13/h6-8,13H,9-10H2,1-5H3. The third kappa shape index (κ3) is 3.16. The maximum atomic E-state index is 12.0. The van der Waals surface area contributed by atoms with Crippen LogP contribution in [0.25, 0.3) is 0 Å². The summed E-state index contributed by atoms with van der Waals surface area (Å²) in [5.41, 5.74) is 3.17. The molecule has 3 heteroatoms. The fraction of sp³-hybridized carbons (Fsp3) is 0.562. The number of benzene rings is 1. The lowest BCUT2D eigenvalue weighted by atomic mass is 9.83. The molecule has 1 heterocycles. The topological polar surface area (TPSA) is 29.5 Å². The van der Waals surface area contributed by atoms with Gasteiger partial charge in [-0.15, -0.1) is 0 Å². The van der Waals surface area contributed by atoms with Crippen LogP contribution in [0.2, 0.25) is 0 Å². The lowest BCUT2D eigenvalue weighted by Gasteiger charge is -2.35. The first-order chi connectivity index (χ1) is 8.77. The first-order valence-corrected chi connectivity index (χ1v) is 6.78. The zero-order chi connectivity index (χ0) is 14.2. The van der Waals surface area contributed by atoms with Crippen LogP contribution in [-0.4, -0.2) is 37.1 Å². The second-order valence-corrected chi connectivity index (χ2v) is 6.53. The highest BCUT2D eigenvalue weighted by Crippen LogP contribution is 2.26. The summed E-state index contributed by atoms with van der Waals surface area (Å²) in [7, 11) is 2.02. The molecule has 0 spiro atoms. The van der Waals surface area contributed by atoms with Crippen molar-refractivity contribution >= 4 is 5.97 Å². The number of likely N-dealkylation sites (tertiary alicyclic amines) is 1. The summed E-state index contributed by atoms with van der Waals surface area (Å²) in [6.45, 7) is 10.3. The Balaban J connectivity index is 2.09. The Bertz CT molecular complexity index is 482. The summed E-state index contributed by atoms with van der Waals surface area (Å²) < 4.78 is 5.44. The average molecular weight is 261 g/mol. The lowest BCUT2D eigenvalue weighted by Crippen LogP contribution is -2.50. The van der Waals surface area contributed by atoms with Crippen LogP contribution >= 0.6 is 0 Å². The maximum absolute atomic E-state index is 12.0. The Morgan fingerprint density at radius 2 is 1.95 bits per heavy atom. The minimum absolute atomic E-state index is 0.0556. The monoisotopic (exact) mass is 261 g/mol. The van der Waals surface area contributed by atoms with Crippen LogP contribution in [0.1, 0.15) is 42.3 Å². The molecule has 0 atom stereocenters. The van der Waals surface area contributed by atoms with Gasteiger partial charge in [-0.05, 0) is 42.6 Å². The number of aryl methyl sites for hydroxylation is 1. The van der Waals surface area contributed by atoms with Crippen LogP contribution < -0.4 is 0 Å². The van der Waals surface area contributed by atoms with E-state index in [9.17, 15) is 4.79 Å². The SMILES string of the molecule is Cc1cc(C(=O)OC2CN(C)C2)ccc1C(C)(C)C. The van der Waals surface area contributed by atoms with Gasteiger partial charge in [-0.25, -0.2) is 4.79 Å². The van der Waals surface area contributed by atoms with Crippen LogP contribution in [0, 0.1) is 6.92 Å². The molecule has 1 fully saturated rings. The quantitative estimate of drug-likeness (QED) is 0.767. The predicted octanol–water partition coefficient (Wildman–Crippen LogP) is 2.76. The number of carbonyl (C=O) groups is 1. The van der Waals surface area contributed by atoms with Crippen molar-refractivity contribution < 1.29 is 9.53 Å². The number of likely N-dealkylation sites (N-methyl/N-ethyl adjacent to an activating group) is 1. The first kappa shape index (κ1) is 14.1. The first-order valence-electron chi connectivity index (χ1n) is 6.78. The van der Waals surface area contributed by atoms with Crippen LogP contribution in [0.15, 0.2) is 18.2 Å². The molecule has 1 aliphatic rings.